The van der Waals surface area contributed by atoms with Crippen molar-refractivity contribution in [3.05, 3.63) is 16.6 Å². The highest BCUT2D eigenvalue weighted by molar-refractivity contribution is 7.09. The van der Waals surface area contributed by atoms with Crippen molar-refractivity contribution in [2.24, 2.45) is 5.73 Å². The fourth-order valence-electron chi connectivity index (χ4n) is 1.48. The number of nitrogens with two attached hydrogens (primary N) is 1. The number of rotatable bonds is 2. The third kappa shape index (κ3) is 1.44. The largest absolute Gasteiger partial charge is 0.325 e. The minimum absolute atomic E-state index is 0.118. The summed E-state index contributed by atoms with van der Waals surface area (Å²) in [5, 5.41) is 0. The van der Waals surface area contributed by atoms with Crippen LogP contribution in [0.5, 0.6) is 0 Å². The molecule has 2 N–H and O–H groups in total. The van der Waals surface area contributed by atoms with Crippen LogP contribution in [0.4, 0.5) is 0 Å². The van der Waals surface area contributed by atoms with Crippen molar-refractivity contribution in [1.82, 2.24) is 4.98 Å². The Morgan fingerprint density at radius 3 is 2.91 bits per heavy atom. The first kappa shape index (κ1) is 7.25. The van der Waals surface area contributed by atoms with E-state index < -0.39 is 0 Å². The van der Waals surface area contributed by atoms with E-state index in [4.69, 9.17) is 5.73 Å². The Morgan fingerprint density at radius 2 is 2.45 bits per heavy atom. The quantitative estimate of drug-likeness (QED) is 0.728. The monoisotopic (exact) mass is 168 g/mol. The van der Waals surface area contributed by atoms with Crippen molar-refractivity contribution < 1.29 is 0 Å². The van der Waals surface area contributed by atoms with Crippen molar-refractivity contribution in [3.8, 4) is 0 Å². The SMILES string of the molecule is NC1(Cc2cncs2)CCC1. The molecule has 1 fully saturated rings. The smallest absolute Gasteiger partial charge is 0.0794 e. The second-order valence-corrected chi connectivity index (χ2v) is 4.33. The highest BCUT2D eigenvalue weighted by Crippen LogP contribution is 2.32. The van der Waals surface area contributed by atoms with Crippen LogP contribution in [-0.2, 0) is 6.42 Å². The summed E-state index contributed by atoms with van der Waals surface area (Å²) in [5.41, 5.74) is 8.06. The molecule has 3 heteroatoms. The van der Waals surface area contributed by atoms with Gasteiger partial charge in [-0.2, -0.15) is 0 Å². The van der Waals surface area contributed by atoms with E-state index in [1.807, 2.05) is 11.7 Å². The van der Waals surface area contributed by atoms with Crippen molar-refractivity contribution in [2.75, 3.05) is 0 Å². The maximum atomic E-state index is 6.07. The Bertz CT molecular complexity index is 226. The molecule has 0 aliphatic heterocycles. The van der Waals surface area contributed by atoms with Gasteiger partial charge in [-0.1, -0.05) is 0 Å². The molecule has 1 aliphatic carbocycles. The lowest BCUT2D eigenvalue weighted by atomic mass is 9.75. The van der Waals surface area contributed by atoms with Crippen molar-refractivity contribution in [1.29, 1.82) is 0 Å². The number of hydrogen-bond acceptors (Lipinski definition) is 3. The minimum Gasteiger partial charge on any atom is -0.325 e. The lowest BCUT2D eigenvalue weighted by molar-refractivity contribution is 0.249. The predicted molar refractivity (Wildman–Crippen MR) is 46.6 cm³/mol. The molecule has 0 spiro atoms. The zero-order valence-corrected chi connectivity index (χ0v) is 7.23. The van der Waals surface area contributed by atoms with E-state index in [0.29, 0.717) is 0 Å². The average molecular weight is 168 g/mol. The summed E-state index contributed by atoms with van der Waals surface area (Å²) in [7, 11) is 0. The molecule has 0 atom stereocenters. The van der Waals surface area contributed by atoms with Crippen LogP contribution in [-0.4, -0.2) is 10.5 Å². The highest BCUT2D eigenvalue weighted by Gasteiger charge is 2.32. The molecule has 1 heterocycles. The standard InChI is InChI=1S/C8H12N2S/c9-8(2-1-3-8)4-7-5-10-6-11-7/h5-6H,1-4,9H2. The highest BCUT2D eigenvalue weighted by atomic mass is 32.1. The van der Waals surface area contributed by atoms with Crippen molar-refractivity contribution >= 4 is 11.3 Å². The first-order valence-electron chi connectivity index (χ1n) is 3.95. The lowest BCUT2D eigenvalue weighted by Gasteiger charge is -2.37. The third-order valence-electron chi connectivity index (χ3n) is 2.36. The van der Waals surface area contributed by atoms with Gasteiger partial charge in [0.2, 0.25) is 0 Å². The number of thiazole rings is 1. The Labute approximate surface area is 70.5 Å². The van der Waals surface area contributed by atoms with Gasteiger partial charge in [-0.15, -0.1) is 11.3 Å². The van der Waals surface area contributed by atoms with Crippen LogP contribution < -0.4 is 5.73 Å². The average Bonchev–Trinajstić information content (AvgIpc) is 2.36. The maximum absolute atomic E-state index is 6.07. The Morgan fingerprint density at radius 1 is 1.64 bits per heavy atom. The molecule has 0 aromatic carbocycles. The molecular weight excluding hydrogens is 156 g/mol. The first-order chi connectivity index (χ1) is 5.29. The fourth-order valence-corrected chi connectivity index (χ4v) is 2.23. The molecule has 0 unspecified atom stereocenters. The molecule has 2 nitrogen and oxygen atoms in total. The van der Waals surface area contributed by atoms with Crippen LogP contribution in [0.1, 0.15) is 24.1 Å². The zero-order chi connectivity index (χ0) is 7.73. The third-order valence-corrected chi connectivity index (χ3v) is 3.14. The summed E-state index contributed by atoms with van der Waals surface area (Å²) in [6.45, 7) is 0. The van der Waals surface area contributed by atoms with Gasteiger partial charge in [0.1, 0.15) is 0 Å². The van der Waals surface area contributed by atoms with Gasteiger partial charge < -0.3 is 5.73 Å². The van der Waals surface area contributed by atoms with E-state index in [0.717, 1.165) is 6.42 Å². The molecule has 11 heavy (non-hydrogen) atoms. The number of nitrogens with zero attached hydrogens (tertiary/aromatic N) is 1. The van der Waals surface area contributed by atoms with Gasteiger partial charge in [0.05, 0.1) is 5.51 Å². The van der Waals surface area contributed by atoms with Crippen molar-refractivity contribution in [2.45, 2.75) is 31.2 Å². The normalized spacial score (nSPS) is 21.2. The van der Waals surface area contributed by atoms with Gasteiger partial charge in [-0.3, -0.25) is 4.98 Å². The van der Waals surface area contributed by atoms with E-state index in [9.17, 15) is 0 Å². The van der Waals surface area contributed by atoms with Gasteiger partial charge in [0, 0.05) is 23.0 Å². The van der Waals surface area contributed by atoms with Crippen LogP contribution in [0.25, 0.3) is 0 Å². The summed E-state index contributed by atoms with van der Waals surface area (Å²) < 4.78 is 0. The Kier molecular flexibility index (Phi) is 1.69. The molecule has 0 radical (unpaired) electrons. The van der Waals surface area contributed by atoms with E-state index in [-0.39, 0.29) is 5.54 Å². The van der Waals surface area contributed by atoms with Crippen molar-refractivity contribution in [3.63, 3.8) is 0 Å². The first-order valence-corrected chi connectivity index (χ1v) is 4.83. The molecule has 0 amide bonds. The lowest BCUT2D eigenvalue weighted by Crippen LogP contribution is -2.48. The molecule has 0 bridgehead atoms. The number of hydrogen-bond donors (Lipinski definition) is 1. The Hall–Kier alpha value is -0.410. The summed E-state index contributed by atoms with van der Waals surface area (Å²) in [6.07, 6.45) is 6.63. The molecule has 1 saturated carbocycles. The molecule has 1 aromatic heterocycles. The molecule has 60 valence electrons. The summed E-state index contributed by atoms with van der Waals surface area (Å²) >= 11 is 1.71. The van der Waals surface area contributed by atoms with Crippen LogP contribution >= 0.6 is 11.3 Å². The van der Waals surface area contributed by atoms with E-state index in [1.54, 1.807) is 11.3 Å². The van der Waals surface area contributed by atoms with Gasteiger partial charge in [0.25, 0.3) is 0 Å². The maximum Gasteiger partial charge on any atom is 0.0794 e. The van der Waals surface area contributed by atoms with E-state index >= 15 is 0 Å². The second kappa shape index (κ2) is 2.57. The number of aromatic nitrogens is 1. The van der Waals surface area contributed by atoms with Gasteiger partial charge >= 0.3 is 0 Å². The topological polar surface area (TPSA) is 38.9 Å². The van der Waals surface area contributed by atoms with E-state index in [1.165, 1.54) is 24.1 Å². The zero-order valence-electron chi connectivity index (χ0n) is 6.42. The predicted octanol–water partition coefficient (Wildman–Crippen LogP) is 1.57. The minimum atomic E-state index is 0.118. The van der Waals surface area contributed by atoms with Gasteiger partial charge in [0.15, 0.2) is 0 Å². The summed E-state index contributed by atoms with van der Waals surface area (Å²) in [5.74, 6) is 0. The van der Waals surface area contributed by atoms with Crippen LogP contribution in [0.2, 0.25) is 0 Å². The summed E-state index contributed by atoms with van der Waals surface area (Å²) in [6, 6.07) is 0. The fraction of sp³-hybridized carbons (Fsp3) is 0.625. The second-order valence-electron chi connectivity index (χ2n) is 3.36. The molecule has 2 rings (SSSR count). The van der Waals surface area contributed by atoms with Crippen LogP contribution in [0, 0.1) is 0 Å². The van der Waals surface area contributed by atoms with Gasteiger partial charge in [-0.05, 0) is 19.3 Å². The van der Waals surface area contributed by atoms with Crippen LogP contribution in [0.3, 0.4) is 0 Å². The molecule has 0 saturated heterocycles. The molecule has 1 aliphatic rings. The molecular formula is C8H12N2S. The van der Waals surface area contributed by atoms with Gasteiger partial charge in [-0.25, -0.2) is 0 Å². The molecule has 1 aromatic rings. The Balaban J connectivity index is 2.00. The van der Waals surface area contributed by atoms with E-state index in [2.05, 4.69) is 4.98 Å². The van der Waals surface area contributed by atoms with Crippen LogP contribution in [0.15, 0.2) is 11.7 Å². The summed E-state index contributed by atoms with van der Waals surface area (Å²) in [4.78, 5) is 5.35.